The van der Waals surface area contributed by atoms with Crippen molar-refractivity contribution in [2.75, 3.05) is 5.32 Å². The molecule has 0 unspecified atom stereocenters. The van der Waals surface area contributed by atoms with Crippen molar-refractivity contribution in [1.29, 1.82) is 0 Å². The van der Waals surface area contributed by atoms with Gasteiger partial charge < -0.3 is 20.3 Å². The van der Waals surface area contributed by atoms with E-state index in [0.29, 0.717) is 29.2 Å². The Labute approximate surface area is 209 Å². The van der Waals surface area contributed by atoms with Crippen LogP contribution in [0.2, 0.25) is 0 Å². The number of carbonyl (C=O) groups is 2. The molecule has 2 amide bonds. The molecule has 0 spiro atoms. The Bertz CT molecular complexity index is 1430. The summed E-state index contributed by atoms with van der Waals surface area (Å²) in [5.41, 5.74) is 4.95. The van der Waals surface area contributed by atoms with E-state index in [9.17, 15) is 14.7 Å². The van der Waals surface area contributed by atoms with Gasteiger partial charge in [-0.25, -0.2) is 4.79 Å². The molecule has 0 bridgehead atoms. The quantitative estimate of drug-likeness (QED) is 0.329. The van der Waals surface area contributed by atoms with E-state index in [-0.39, 0.29) is 23.6 Å². The van der Waals surface area contributed by atoms with Gasteiger partial charge in [-0.3, -0.25) is 4.79 Å². The van der Waals surface area contributed by atoms with Crippen LogP contribution in [0.5, 0.6) is 5.75 Å². The van der Waals surface area contributed by atoms with Crippen LogP contribution in [0.15, 0.2) is 66.9 Å². The molecule has 2 aromatic carbocycles. The van der Waals surface area contributed by atoms with Crippen molar-refractivity contribution in [3.63, 3.8) is 0 Å². The number of hydrogen-bond acceptors (Lipinski definition) is 4. The fourth-order valence-corrected chi connectivity index (χ4v) is 4.47. The number of anilines is 1. The molecule has 0 atom stereocenters. The number of aryl methyl sites for hydroxylation is 2. The number of amides is 2. The number of aromatic nitrogens is 3. The summed E-state index contributed by atoms with van der Waals surface area (Å²) in [4.78, 5) is 25.8. The van der Waals surface area contributed by atoms with Gasteiger partial charge in [0.1, 0.15) is 11.4 Å². The Morgan fingerprint density at radius 2 is 1.92 bits per heavy atom. The molecule has 3 N–H and O–H groups in total. The topological polar surface area (TPSA) is 101 Å². The Hall–Kier alpha value is -4.33. The molecule has 36 heavy (non-hydrogen) atoms. The predicted octanol–water partition coefficient (Wildman–Crippen LogP) is 5.18. The van der Waals surface area contributed by atoms with Gasteiger partial charge in [0.25, 0.3) is 5.91 Å². The first-order chi connectivity index (χ1) is 17.4. The standard InChI is InChI=1S/C28H29N5O3/c1-18-6-3-7-19(14-18)17-29-28(36)33-25(20-8-4-9-20)16-23(31-33)22-15-21(11-12-26(22)34)30-27(35)24-10-5-13-32(24)2/h3,5-7,10-16,20,34H,4,8-9,17H2,1-2H3,(H,29,36)(H,30,35). The summed E-state index contributed by atoms with van der Waals surface area (Å²) in [6.45, 7) is 2.41. The lowest BCUT2D eigenvalue weighted by molar-refractivity contribution is 0.101. The second-order valence-corrected chi connectivity index (χ2v) is 9.33. The summed E-state index contributed by atoms with van der Waals surface area (Å²) in [6, 6.07) is 17.9. The highest BCUT2D eigenvalue weighted by Crippen LogP contribution is 2.39. The highest BCUT2D eigenvalue weighted by Gasteiger charge is 2.27. The van der Waals surface area contributed by atoms with Gasteiger partial charge in [-0.05, 0) is 61.7 Å². The van der Waals surface area contributed by atoms with Crippen LogP contribution >= 0.6 is 0 Å². The molecule has 1 saturated carbocycles. The highest BCUT2D eigenvalue weighted by molar-refractivity contribution is 6.03. The van der Waals surface area contributed by atoms with E-state index < -0.39 is 0 Å². The molecule has 0 aliphatic heterocycles. The van der Waals surface area contributed by atoms with Crippen LogP contribution in [-0.4, -0.2) is 31.4 Å². The Morgan fingerprint density at radius 1 is 1.08 bits per heavy atom. The van der Waals surface area contributed by atoms with Gasteiger partial charge in [-0.15, -0.1) is 0 Å². The Balaban J connectivity index is 1.41. The van der Waals surface area contributed by atoms with Crippen LogP contribution in [0.1, 0.15) is 52.5 Å². The smallest absolute Gasteiger partial charge is 0.342 e. The van der Waals surface area contributed by atoms with Crippen LogP contribution < -0.4 is 10.6 Å². The molecule has 1 aliphatic rings. The molecule has 1 fully saturated rings. The van der Waals surface area contributed by atoms with Crippen molar-refractivity contribution in [2.45, 2.75) is 38.6 Å². The number of nitrogens with one attached hydrogen (secondary N) is 2. The van der Waals surface area contributed by atoms with Crippen LogP contribution in [0.25, 0.3) is 11.3 Å². The first kappa shape index (κ1) is 23.4. The second-order valence-electron chi connectivity index (χ2n) is 9.33. The minimum atomic E-state index is -0.308. The van der Waals surface area contributed by atoms with E-state index in [4.69, 9.17) is 0 Å². The number of phenolic OH excluding ortho intramolecular Hbond substituents is 1. The maximum atomic E-state index is 13.1. The maximum Gasteiger partial charge on any atom is 0.342 e. The van der Waals surface area contributed by atoms with Crippen molar-refractivity contribution < 1.29 is 14.7 Å². The molecule has 2 aromatic heterocycles. The van der Waals surface area contributed by atoms with Crippen LogP contribution in [0, 0.1) is 6.92 Å². The second kappa shape index (κ2) is 9.73. The molecule has 8 nitrogen and oxygen atoms in total. The zero-order chi connectivity index (χ0) is 25.2. The number of benzene rings is 2. The number of carbonyl (C=O) groups excluding carboxylic acids is 2. The maximum absolute atomic E-state index is 13.1. The highest BCUT2D eigenvalue weighted by atomic mass is 16.3. The molecule has 0 radical (unpaired) electrons. The number of hydrogen-bond donors (Lipinski definition) is 3. The zero-order valence-electron chi connectivity index (χ0n) is 20.4. The van der Waals surface area contributed by atoms with Crippen LogP contribution in [-0.2, 0) is 13.6 Å². The lowest BCUT2D eigenvalue weighted by atomic mass is 9.82. The van der Waals surface area contributed by atoms with Crippen LogP contribution in [0.3, 0.4) is 0 Å². The minimum Gasteiger partial charge on any atom is -0.507 e. The molecule has 5 rings (SSSR count). The number of phenols is 1. The summed E-state index contributed by atoms with van der Waals surface area (Å²) in [5.74, 6) is 0.0190. The molecule has 184 valence electrons. The van der Waals surface area contributed by atoms with E-state index >= 15 is 0 Å². The number of rotatable bonds is 6. The van der Waals surface area contributed by atoms with Gasteiger partial charge in [0.15, 0.2) is 0 Å². The lowest BCUT2D eigenvalue weighted by Gasteiger charge is -2.25. The SMILES string of the molecule is Cc1cccc(CNC(=O)n2nc(-c3cc(NC(=O)c4cccn4C)ccc3O)cc2C2CCC2)c1. The average molecular weight is 484 g/mol. The Kier molecular flexibility index (Phi) is 6.33. The summed E-state index contributed by atoms with van der Waals surface area (Å²) in [6.07, 6.45) is 4.90. The van der Waals surface area contributed by atoms with E-state index in [0.717, 1.165) is 36.1 Å². The third kappa shape index (κ3) is 4.75. The van der Waals surface area contributed by atoms with E-state index in [1.54, 1.807) is 42.1 Å². The van der Waals surface area contributed by atoms with E-state index in [1.807, 2.05) is 37.3 Å². The van der Waals surface area contributed by atoms with Gasteiger partial charge >= 0.3 is 6.03 Å². The van der Waals surface area contributed by atoms with E-state index in [2.05, 4.69) is 15.7 Å². The van der Waals surface area contributed by atoms with Crippen molar-refractivity contribution in [2.24, 2.45) is 7.05 Å². The fourth-order valence-electron chi connectivity index (χ4n) is 4.47. The minimum absolute atomic E-state index is 0.0249. The van der Waals surface area contributed by atoms with Crippen molar-refractivity contribution in [1.82, 2.24) is 19.7 Å². The third-order valence-electron chi connectivity index (χ3n) is 6.69. The average Bonchev–Trinajstić information content (AvgIpc) is 3.44. The monoisotopic (exact) mass is 483 g/mol. The summed E-state index contributed by atoms with van der Waals surface area (Å²) in [7, 11) is 1.80. The van der Waals surface area contributed by atoms with Gasteiger partial charge in [0.2, 0.25) is 0 Å². The third-order valence-corrected chi connectivity index (χ3v) is 6.69. The molecule has 2 heterocycles. The molecule has 0 saturated heterocycles. The van der Waals surface area contributed by atoms with Gasteiger partial charge in [-0.2, -0.15) is 9.78 Å². The van der Waals surface area contributed by atoms with Crippen molar-refractivity contribution in [3.8, 4) is 17.0 Å². The number of aromatic hydroxyl groups is 1. The van der Waals surface area contributed by atoms with Gasteiger partial charge in [0, 0.05) is 37.0 Å². The zero-order valence-corrected chi connectivity index (χ0v) is 20.4. The van der Waals surface area contributed by atoms with Crippen molar-refractivity contribution >= 4 is 17.6 Å². The van der Waals surface area contributed by atoms with Crippen molar-refractivity contribution in [3.05, 3.63) is 89.4 Å². The molecule has 1 aliphatic carbocycles. The van der Waals surface area contributed by atoms with Gasteiger partial charge in [-0.1, -0.05) is 36.2 Å². The molecular weight excluding hydrogens is 454 g/mol. The Morgan fingerprint density at radius 3 is 2.61 bits per heavy atom. The lowest BCUT2D eigenvalue weighted by Crippen LogP contribution is -2.31. The van der Waals surface area contributed by atoms with Gasteiger partial charge in [0.05, 0.1) is 11.4 Å². The van der Waals surface area contributed by atoms with E-state index in [1.165, 1.54) is 10.7 Å². The summed E-state index contributed by atoms with van der Waals surface area (Å²) >= 11 is 0. The summed E-state index contributed by atoms with van der Waals surface area (Å²) in [5, 5.41) is 21.0. The van der Waals surface area contributed by atoms with Crippen LogP contribution in [0.4, 0.5) is 10.5 Å². The largest absolute Gasteiger partial charge is 0.507 e. The predicted molar refractivity (Wildman–Crippen MR) is 138 cm³/mol. The molecule has 4 aromatic rings. The number of nitrogens with zero attached hydrogens (tertiary/aromatic N) is 3. The summed E-state index contributed by atoms with van der Waals surface area (Å²) < 4.78 is 3.15. The molecular formula is C28H29N5O3. The first-order valence-electron chi connectivity index (χ1n) is 12.1. The molecule has 8 heteroatoms. The first-order valence-corrected chi connectivity index (χ1v) is 12.1. The fraction of sp³-hybridized carbons (Fsp3) is 0.250. The normalized spacial score (nSPS) is 13.3.